The van der Waals surface area contributed by atoms with Crippen LogP contribution in [0.2, 0.25) is 0 Å². The predicted octanol–water partition coefficient (Wildman–Crippen LogP) is 0.838. The molecule has 1 fully saturated rings. The van der Waals surface area contributed by atoms with E-state index in [-0.39, 0.29) is 6.10 Å². The Morgan fingerprint density at radius 1 is 1.50 bits per heavy atom. The lowest BCUT2D eigenvalue weighted by molar-refractivity contribution is 0.0212. The molecule has 1 unspecified atom stereocenters. The van der Waals surface area contributed by atoms with E-state index in [9.17, 15) is 0 Å². The summed E-state index contributed by atoms with van der Waals surface area (Å²) in [5.41, 5.74) is 6.97. The summed E-state index contributed by atoms with van der Waals surface area (Å²) < 4.78 is 5.24. The van der Waals surface area contributed by atoms with Gasteiger partial charge in [0.15, 0.2) is 0 Å². The highest BCUT2D eigenvalue weighted by Gasteiger charge is 2.10. The van der Waals surface area contributed by atoms with Gasteiger partial charge in [0.1, 0.15) is 0 Å². The molecular weight excluding hydrogens is 102 g/mol. The summed E-state index contributed by atoms with van der Waals surface area (Å²) in [5, 5.41) is 0. The van der Waals surface area contributed by atoms with Gasteiger partial charge in [0, 0.05) is 13.2 Å². The maximum absolute atomic E-state index is 6.97. The molecule has 47 valence electrons. The molecule has 0 aromatic carbocycles. The first kappa shape index (κ1) is 6.05. The zero-order chi connectivity index (χ0) is 5.82. The largest absolute Gasteiger partial charge is 0.377 e. The number of hydrogen-bond donors (Lipinski definition) is 0. The van der Waals surface area contributed by atoms with E-state index in [1.165, 1.54) is 12.8 Å². The quantitative estimate of drug-likeness (QED) is 0.497. The van der Waals surface area contributed by atoms with Crippen molar-refractivity contribution in [2.45, 2.75) is 25.4 Å². The Hall–Kier alpha value is -0.0800. The summed E-state index contributed by atoms with van der Waals surface area (Å²) in [7, 11) is 0. The third-order valence-corrected chi connectivity index (χ3v) is 1.50. The van der Waals surface area contributed by atoms with Gasteiger partial charge in [-0.25, -0.2) is 0 Å². The molecular formula is C6H12NO. The summed E-state index contributed by atoms with van der Waals surface area (Å²) in [6, 6.07) is 0. The van der Waals surface area contributed by atoms with Crippen molar-refractivity contribution in [3.05, 3.63) is 0 Å². The van der Waals surface area contributed by atoms with Crippen molar-refractivity contribution in [3.8, 4) is 0 Å². The van der Waals surface area contributed by atoms with E-state index < -0.39 is 0 Å². The molecule has 1 heterocycles. The van der Waals surface area contributed by atoms with Gasteiger partial charge in [-0.2, -0.15) is 0 Å². The van der Waals surface area contributed by atoms with Crippen LogP contribution < -0.4 is 5.73 Å². The Kier molecular flexibility index (Phi) is 2.30. The zero-order valence-electron chi connectivity index (χ0n) is 5.02. The fourth-order valence-corrected chi connectivity index (χ4v) is 0.968. The molecule has 0 aromatic heterocycles. The summed E-state index contributed by atoms with van der Waals surface area (Å²) in [6.45, 7) is 1.32. The van der Waals surface area contributed by atoms with Crippen LogP contribution in [0.4, 0.5) is 0 Å². The molecule has 0 aromatic rings. The van der Waals surface area contributed by atoms with Crippen LogP contribution in [0.15, 0.2) is 0 Å². The van der Waals surface area contributed by atoms with Crippen LogP contribution in [0.3, 0.4) is 0 Å². The van der Waals surface area contributed by atoms with E-state index >= 15 is 0 Å². The topological polar surface area (TPSA) is 33.0 Å². The molecule has 0 spiro atoms. The molecule has 0 aliphatic carbocycles. The highest BCUT2D eigenvalue weighted by Crippen LogP contribution is 2.10. The summed E-state index contributed by atoms with van der Waals surface area (Å²) in [4.78, 5) is 0. The summed E-state index contributed by atoms with van der Waals surface area (Å²) >= 11 is 0. The standard InChI is InChI=1S/C6H12NO/c7-5-6-3-1-2-4-8-6/h6-7H,1-5H2. The van der Waals surface area contributed by atoms with E-state index in [0.717, 1.165) is 13.0 Å². The van der Waals surface area contributed by atoms with Gasteiger partial charge in [-0.1, -0.05) is 0 Å². The Morgan fingerprint density at radius 3 is 2.75 bits per heavy atom. The third kappa shape index (κ3) is 1.46. The van der Waals surface area contributed by atoms with Crippen molar-refractivity contribution >= 4 is 0 Å². The highest BCUT2D eigenvalue weighted by molar-refractivity contribution is 4.62. The van der Waals surface area contributed by atoms with Gasteiger partial charge in [-0.15, -0.1) is 0 Å². The van der Waals surface area contributed by atoms with Gasteiger partial charge >= 0.3 is 0 Å². The van der Waals surface area contributed by atoms with E-state index in [1.54, 1.807) is 0 Å². The van der Waals surface area contributed by atoms with Crippen LogP contribution in [0.25, 0.3) is 0 Å². The van der Waals surface area contributed by atoms with Crippen molar-refractivity contribution in [3.63, 3.8) is 0 Å². The molecule has 1 aliphatic rings. The van der Waals surface area contributed by atoms with Crippen LogP contribution in [0.1, 0.15) is 19.3 Å². The van der Waals surface area contributed by atoms with E-state index in [4.69, 9.17) is 10.5 Å². The molecule has 1 radical (unpaired) electrons. The average Bonchev–Trinajstić information content (AvgIpc) is 1.90. The van der Waals surface area contributed by atoms with Gasteiger partial charge in [-0.3, -0.25) is 5.73 Å². The molecule has 1 saturated heterocycles. The Morgan fingerprint density at radius 2 is 2.38 bits per heavy atom. The van der Waals surface area contributed by atoms with Gasteiger partial charge in [0.2, 0.25) is 0 Å². The minimum absolute atomic E-state index is 0.253. The van der Waals surface area contributed by atoms with Crippen LogP contribution in [-0.4, -0.2) is 19.3 Å². The molecule has 8 heavy (non-hydrogen) atoms. The van der Waals surface area contributed by atoms with Crippen molar-refractivity contribution in [1.82, 2.24) is 5.73 Å². The van der Waals surface area contributed by atoms with Crippen molar-refractivity contribution in [2.24, 2.45) is 0 Å². The monoisotopic (exact) mass is 114 g/mol. The first-order valence-electron chi connectivity index (χ1n) is 3.19. The molecule has 2 heteroatoms. The van der Waals surface area contributed by atoms with Crippen LogP contribution in [0, 0.1) is 0 Å². The van der Waals surface area contributed by atoms with E-state index in [2.05, 4.69) is 0 Å². The molecule has 0 saturated carbocycles. The van der Waals surface area contributed by atoms with E-state index in [1.807, 2.05) is 0 Å². The molecule has 0 bridgehead atoms. The first-order valence-corrected chi connectivity index (χ1v) is 3.19. The van der Waals surface area contributed by atoms with Gasteiger partial charge < -0.3 is 4.74 Å². The molecule has 1 N–H and O–H groups in total. The predicted molar refractivity (Wildman–Crippen MR) is 31.6 cm³/mol. The normalized spacial score (nSPS) is 30.4. The number of hydrogen-bond acceptors (Lipinski definition) is 1. The SMILES string of the molecule is [NH]CC1CCCCO1. The highest BCUT2D eigenvalue weighted by atomic mass is 16.5. The second kappa shape index (κ2) is 3.05. The second-order valence-electron chi connectivity index (χ2n) is 2.19. The molecule has 2 nitrogen and oxygen atoms in total. The minimum Gasteiger partial charge on any atom is -0.377 e. The van der Waals surface area contributed by atoms with Crippen LogP contribution >= 0.6 is 0 Å². The maximum atomic E-state index is 6.97. The number of ether oxygens (including phenoxy) is 1. The Labute approximate surface area is 50.0 Å². The van der Waals surface area contributed by atoms with Crippen LogP contribution in [-0.2, 0) is 4.74 Å². The fraction of sp³-hybridized carbons (Fsp3) is 1.00. The van der Waals surface area contributed by atoms with Gasteiger partial charge in [0.25, 0.3) is 0 Å². The lowest BCUT2D eigenvalue weighted by Gasteiger charge is -2.19. The van der Waals surface area contributed by atoms with Gasteiger partial charge in [0.05, 0.1) is 6.10 Å². The molecule has 1 aliphatic heterocycles. The summed E-state index contributed by atoms with van der Waals surface area (Å²) in [5.74, 6) is 0. The molecule has 1 atom stereocenters. The van der Waals surface area contributed by atoms with Crippen LogP contribution in [0.5, 0.6) is 0 Å². The molecule has 0 amide bonds. The average molecular weight is 114 g/mol. The fourth-order valence-electron chi connectivity index (χ4n) is 0.968. The number of rotatable bonds is 1. The maximum Gasteiger partial charge on any atom is 0.0713 e. The Balaban J connectivity index is 2.13. The minimum atomic E-state index is 0.253. The third-order valence-electron chi connectivity index (χ3n) is 1.50. The Bertz CT molecular complexity index is 59.5. The van der Waals surface area contributed by atoms with Crippen molar-refractivity contribution < 1.29 is 4.74 Å². The summed E-state index contributed by atoms with van der Waals surface area (Å²) in [6.07, 6.45) is 3.80. The second-order valence-corrected chi connectivity index (χ2v) is 2.19. The number of nitrogens with one attached hydrogen (secondary N) is 1. The zero-order valence-corrected chi connectivity index (χ0v) is 5.02. The van der Waals surface area contributed by atoms with Crippen molar-refractivity contribution in [2.75, 3.05) is 13.2 Å². The lowest BCUT2D eigenvalue weighted by atomic mass is 10.1. The lowest BCUT2D eigenvalue weighted by Crippen LogP contribution is -2.23. The van der Waals surface area contributed by atoms with Gasteiger partial charge in [-0.05, 0) is 19.3 Å². The first-order chi connectivity index (χ1) is 3.93. The van der Waals surface area contributed by atoms with Crippen molar-refractivity contribution in [1.29, 1.82) is 0 Å². The molecule has 1 rings (SSSR count). The smallest absolute Gasteiger partial charge is 0.0713 e. The van der Waals surface area contributed by atoms with E-state index in [0.29, 0.717) is 6.54 Å².